The SMILES string of the molecule is O=C(O)C(=O)OB(O)O.[Zn]. The monoisotopic (exact) mass is 198 g/mol. The molecule has 10 heavy (non-hydrogen) atoms. The van der Waals surface area contributed by atoms with Crippen molar-refractivity contribution in [1.82, 2.24) is 0 Å². The standard InChI is InChI=1S/C2H3BO6.Zn/c4-1(5)2(6)9-3(7)8;/h7-8H,(H,4,5);. The van der Waals surface area contributed by atoms with E-state index in [1.54, 1.807) is 0 Å². The van der Waals surface area contributed by atoms with Gasteiger partial charge in [0.25, 0.3) is 0 Å². The Balaban J connectivity index is 0. The normalized spacial score (nSPS) is 7.40. The third-order valence-electron chi connectivity index (χ3n) is 0.387. The quantitative estimate of drug-likeness (QED) is 0.321. The van der Waals surface area contributed by atoms with Crippen molar-refractivity contribution in [2.24, 2.45) is 0 Å². The zero-order valence-corrected chi connectivity index (χ0v) is 7.82. The van der Waals surface area contributed by atoms with Crippen molar-refractivity contribution < 1.29 is 48.9 Å². The number of carboxylic acids is 1. The van der Waals surface area contributed by atoms with Gasteiger partial charge in [0.05, 0.1) is 0 Å². The molecule has 0 unspecified atom stereocenters. The van der Waals surface area contributed by atoms with Gasteiger partial charge in [0.1, 0.15) is 0 Å². The number of carbonyl (C=O) groups excluding carboxylic acids is 1. The summed E-state index contributed by atoms with van der Waals surface area (Å²) in [5.74, 6) is -3.58. The summed E-state index contributed by atoms with van der Waals surface area (Å²) in [6.45, 7) is 0. The van der Waals surface area contributed by atoms with Gasteiger partial charge in [-0.15, -0.1) is 0 Å². The number of aliphatic carboxylic acids is 1. The van der Waals surface area contributed by atoms with Crippen LogP contribution in [0.15, 0.2) is 0 Å². The molecule has 0 aliphatic rings. The first-order valence-electron chi connectivity index (χ1n) is 1.84. The molecule has 0 heterocycles. The number of hydrogen-bond acceptors (Lipinski definition) is 5. The summed E-state index contributed by atoms with van der Waals surface area (Å²) < 4.78 is 3.38. The van der Waals surface area contributed by atoms with Gasteiger partial charge >= 0.3 is 19.3 Å². The van der Waals surface area contributed by atoms with E-state index in [9.17, 15) is 9.59 Å². The van der Waals surface area contributed by atoms with E-state index < -0.39 is 19.3 Å². The van der Waals surface area contributed by atoms with E-state index in [-0.39, 0.29) is 19.5 Å². The first-order valence-corrected chi connectivity index (χ1v) is 1.84. The molecule has 0 amide bonds. The summed E-state index contributed by atoms with van der Waals surface area (Å²) in [5.41, 5.74) is 0. The minimum absolute atomic E-state index is 0. The molecule has 0 atom stereocenters. The number of hydrogen-bond donors (Lipinski definition) is 3. The first kappa shape index (κ1) is 12.2. The molecule has 0 aromatic carbocycles. The van der Waals surface area contributed by atoms with Crippen molar-refractivity contribution in [3.63, 3.8) is 0 Å². The fourth-order valence-electron chi connectivity index (χ4n) is 0.146. The summed E-state index contributed by atoms with van der Waals surface area (Å²) >= 11 is 0. The Labute approximate surface area is 68.7 Å². The second kappa shape index (κ2) is 5.34. The Hall–Kier alpha value is -0.452. The molecule has 3 N–H and O–H groups in total. The molecule has 0 saturated heterocycles. The predicted molar refractivity (Wildman–Crippen MR) is 23.9 cm³/mol. The van der Waals surface area contributed by atoms with Crippen LogP contribution in [-0.2, 0) is 33.7 Å². The summed E-state index contributed by atoms with van der Waals surface area (Å²) in [6.07, 6.45) is 0. The van der Waals surface area contributed by atoms with Crippen LogP contribution in [0.25, 0.3) is 0 Å². The Morgan fingerprint density at radius 3 is 1.80 bits per heavy atom. The topological polar surface area (TPSA) is 104 Å². The van der Waals surface area contributed by atoms with Gasteiger partial charge in [0.2, 0.25) is 0 Å². The second-order valence-corrected chi connectivity index (χ2v) is 1.04. The Morgan fingerprint density at radius 2 is 1.70 bits per heavy atom. The number of carbonyl (C=O) groups is 2. The molecule has 0 rings (SSSR count). The molecular weight excluding hydrogens is 196 g/mol. The van der Waals surface area contributed by atoms with Crippen molar-refractivity contribution >= 4 is 19.3 Å². The van der Waals surface area contributed by atoms with E-state index in [0.29, 0.717) is 0 Å². The maximum absolute atomic E-state index is 9.81. The molecule has 0 radical (unpaired) electrons. The van der Waals surface area contributed by atoms with Crippen LogP contribution in [0.5, 0.6) is 0 Å². The van der Waals surface area contributed by atoms with Crippen molar-refractivity contribution in [3.05, 3.63) is 0 Å². The zero-order valence-electron chi connectivity index (χ0n) is 4.85. The average molecular weight is 199 g/mol. The Bertz CT molecular complexity index is 134. The van der Waals surface area contributed by atoms with Crippen LogP contribution in [0.4, 0.5) is 0 Å². The molecule has 0 saturated carbocycles. The summed E-state index contributed by atoms with van der Waals surface area (Å²) in [4.78, 5) is 19.3. The fourth-order valence-corrected chi connectivity index (χ4v) is 0.146. The third-order valence-corrected chi connectivity index (χ3v) is 0.387. The van der Waals surface area contributed by atoms with E-state index in [1.807, 2.05) is 0 Å². The van der Waals surface area contributed by atoms with Gasteiger partial charge in [0.15, 0.2) is 0 Å². The van der Waals surface area contributed by atoms with E-state index in [1.165, 1.54) is 0 Å². The fraction of sp³-hybridized carbons (Fsp3) is 0. The largest absolute Gasteiger partial charge is 0.709 e. The van der Waals surface area contributed by atoms with Crippen LogP contribution in [0.3, 0.4) is 0 Å². The minimum Gasteiger partial charge on any atom is -0.476 e. The molecule has 52 valence electrons. The minimum atomic E-state index is -2.37. The van der Waals surface area contributed by atoms with E-state index >= 15 is 0 Å². The van der Waals surface area contributed by atoms with Gasteiger partial charge in [0, 0.05) is 19.5 Å². The van der Waals surface area contributed by atoms with E-state index in [4.69, 9.17) is 15.2 Å². The Morgan fingerprint density at radius 1 is 1.30 bits per heavy atom. The molecule has 6 nitrogen and oxygen atoms in total. The molecule has 0 bridgehead atoms. The van der Waals surface area contributed by atoms with Crippen LogP contribution in [-0.4, -0.2) is 34.4 Å². The van der Waals surface area contributed by atoms with Gasteiger partial charge in [-0.3, -0.25) is 0 Å². The van der Waals surface area contributed by atoms with Crippen molar-refractivity contribution in [3.8, 4) is 0 Å². The van der Waals surface area contributed by atoms with Crippen molar-refractivity contribution in [1.29, 1.82) is 0 Å². The number of rotatable bonds is 1. The molecule has 8 heteroatoms. The van der Waals surface area contributed by atoms with E-state index in [2.05, 4.69) is 4.65 Å². The van der Waals surface area contributed by atoms with Gasteiger partial charge < -0.3 is 19.8 Å². The molecule has 0 aliphatic carbocycles. The maximum atomic E-state index is 9.81. The third kappa shape index (κ3) is 5.68. The average Bonchev–Trinajstić information content (AvgIpc) is 1.63. The second-order valence-electron chi connectivity index (χ2n) is 1.04. The first-order chi connectivity index (χ1) is 4.04. The van der Waals surface area contributed by atoms with Crippen LogP contribution < -0.4 is 0 Å². The van der Waals surface area contributed by atoms with E-state index in [0.717, 1.165) is 0 Å². The van der Waals surface area contributed by atoms with Gasteiger partial charge in [-0.25, -0.2) is 9.59 Å². The molecule has 0 aromatic rings. The van der Waals surface area contributed by atoms with Crippen molar-refractivity contribution in [2.75, 3.05) is 0 Å². The predicted octanol–water partition coefficient (Wildman–Crippen LogP) is -2.42. The van der Waals surface area contributed by atoms with Gasteiger partial charge in [-0.05, 0) is 0 Å². The van der Waals surface area contributed by atoms with Crippen molar-refractivity contribution in [2.45, 2.75) is 0 Å². The van der Waals surface area contributed by atoms with Crippen LogP contribution >= 0.6 is 0 Å². The van der Waals surface area contributed by atoms with Crippen LogP contribution in [0.1, 0.15) is 0 Å². The molecule has 0 aromatic heterocycles. The number of carboxylic acid groups (broad SMARTS) is 1. The molecular formula is C2H3BO6Zn. The summed E-state index contributed by atoms with van der Waals surface area (Å²) in [6, 6.07) is 0. The Kier molecular flexibility index (Phi) is 6.54. The van der Waals surface area contributed by atoms with Crippen LogP contribution in [0, 0.1) is 0 Å². The molecule has 0 spiro atoms. The smallest absolute Gasteiger partial charge is 0.476 e. The van der Waals surface area contributed by atoms with Gasteiger partial charge in [-0.2, -0.15) is 0 Å². The summed E-state index contributed by atoms with van der Waals surface area (Å²) in [5, 5.41) is 23.4. The molecule has 0 fully saturated rings. The maximum Gasteiger partial charge on any atom is 0.709 e. The summed E-state index contributed by atoms with van der Waals surface area (Å²) in [7, 11) is -2.37. The van der Waals surface area contributed by atoms with Gasteiger partial charge in [-0.1, -0.05) is 0 Å². The zero-order chi connectivity index (χ0) is 7.44. The molecule has 0 aliphatic heterocycles. The van der Waals surface area contributed by atoms with Crippen LogP contribution in [0.2, 0.25) is 0 Å².